The van der Waals surface area contributed by atoms with E-state index in [1.165, 1.54) is 161 Å². The molecule has 0 aromatic rings. The number of hydrogen-bond donors (Lipinski definition) is 11. The van der Waals surface area contributed by atoms with Crippen LogP contribution in [0.25, 0.3) is 0 Å². The summed E-state index contributed by atoms with van der Waals surface area (Å²) >= 11 is 0. The molecule has 25 heteroatoms. The van der Waals surface area contributed by atoms with E-state index in [2.05, 4.69) is 32.9 Å². The maximum Gasteiger partial charge on any atom is 0.472 e. The lowest BCUT2D eigenvalue weighted by molar-refractivity contribution is -0.360. The number of phosphoric ester groups is 1. The highest BCUT2D eigenvalue weighted by Gasteiger charge is 2.58. The summed E-state index contributed by atoms with van der Waals surface area (Å²) in [6.45, 7) is 3.46. The zero-order valence-electron chi connectivity index (χ0n) is 60.8. The molecular weight excluding hydrogens is 1300 g/mol. The number of carbonyl (C=O) groups excluding carboxylic acids is 3. The van der Waals surface area contributed by atoms with Crippen LogP contribution in [0.3, 0.4) is 0 Å². The SMILES string of the molecule is CCCCCCCC/C=C\CCCCCC(=O)OCC1OC(OC2C(O)C(O)C(O)C(OC3OC(CO)C(O)C(O)C3O)C2OP(=O)(O)OCC(COC(=O)CCCCCCCCCCCCCCCCC)OC(=O)CCCCCCCCCCCCCCCCCC)C(O)C(O)C1O. The van der Waals surface area contributed by atoms with Crippen molar-refractivity contribution in [1.29, 1.82) is 0 Å². The maximum atomic E-state index is 14.3. The van der Waals surface area contributed by atoms with E-state index < -0.39 is 156 Å². The molecular formula is C74H137O24P. The normalized spacial score (nSPS) is 27.5. The summed E-state index contributed by atoms with van der Waals surface area (Å²) in [5, 5.41) is 110. The third-order valence-electron chi connectivity index (χ3n) is 19.3. The Morgan fingerprint density at radius 2 is 0.707 bits per heavy atom. The minimum absolute atomic E-state index is 0.00945. The van der Waals surface area contributed by atoms with Crippen LogP contribution in [0.4, 0.5) is 0 Å². The van der Waals surface area contributed by atoms with Crippen molar-refractivity contribution in [3.05, 3.63) is 12.2 Å². The van der Waals surface area contributed by atoms with Gasteiger partial charge in [-0.2, -0.15) is 0 Å². The van der Waals surface area contributed by atoms with Crippen molar-refractivity contribution in [3.63, 3.8) is 0 Å². The van der Waals surface area contributed by atoms with Crippen molar-refractivity contribution in [2.75, 3.05) is 26.4 Å². The predicted octanol–water partition coefficient (Wildman–Crippen LogP) is 11.1. The van der Waals surface area contributed by atoms with Gasteiger partial charge in [-0.1, -0.05) is 258 Å². The van der Waals surface area contributed by atoms with Gasteiger partial charge in [0.2, 0.25) is 0 Å². The van der Waals surface area contributed by atoms with Crippen molar-refractivity contribution < 1.29 is 117 Å². The van der Waals surface area contributed by atoms with Gasteiger partial charge >= 0.3 is 25.7 Å². The number of carbonyl (C=O) groups is 3. The van der Waals surface area contributed by atoms with E-state index in [9.17, 15) is 74.9 Å². The molecule has 11 N–H and O–H groups in total. The molecule has 18 unspecified atom stereocenters. The highest BCUT2D eigenvalue weighted by molar-refractivity contribution is 7.47. The molecule has 18 atom stereocenters. The smallest absolute Gasteiger partial charge is 0.463 e. The molecule has 0 aromatic heterocycles. The number of phosphoric acid groups is 1. The molecule has 3 fully saturated rings. The quantitative estimate of drug-likeness (QED) is 0.00886. The van der Waals surface area contributed by atoms with Gasteiger partial charge in [0.05, 0.1) is 13.2 Å². The third-order valence-corrected chi connectivity index (χ3v) is 20.3. The molecule has 3 aliphatic rings. The van der Waals surface area contributed by atoms with Crippen LogP contribution in [0.2, 0.25) is 0 Å². The Bertz CT molecular complexity index is 2090. The number of ether oxygens (including phenoxy) is 7. The van der Waals surface area contributed by atoms with Crippen LogP contribution in [0.1, 0.15) is 310 Å². The lowest BCUT2D eigenvalue weighted by atomic mass is 9.84. The lowest BCUT2D eigenvalue weighted by Gasteiger charge is -2.49. The summed E-state index contributed by atoms with van der Waals surface area (Å²) in [4.78, 5) is 51.1. The van der Waals surface area contributed by atoms with E-state index in [-0.39, 0.29) is 19.3 Å². The van der Waals surface area contributed by atoms with Crippen molar-refractivity contribution >= 4 is 25.7 Å². The number of esters is 3. The molecule has 2 aliphatic heterocycles. The van der Waals surface area contributed by atoms with Gasteiger partial charge in [-0.3, -0.25) is 23.4 Å². The molecule has 0 spiro atoms. The Morgan fingerprint density at radius 1 is 0.384 bits per heavy atom. The molecule has 1 saturated carbocycles. The Balaban J connectivity index is 1.73. The average molecular weight is 1440 g/mol. The van der Waals surface area contributed by atoms with Gasteiger partial charge in [-0.25, -0.2) is 4.57 Å². The summed E-state index contributed by atoms with van der Waals surface area (Å²) in [6, 6.07) is 0. The highest BCUT2D eigenvalue weighted by Crippen LogP contribution is 2.49. The second-order valence-corrected chi connectivity index (χ2v) is 29.5. The zero-order chi connectivity index (χ0) is 72.5. The van der Waals surface area contributed by atoms with Crippen molar-refractivity contribution in [3.8, 4) is 0 Å². The average Bonchev–Trinajstić information content (AvgIpc) is 0.762. The van der Waals surface area contributed by atoms with Crippen molar-refractivity contribution in [2.24, 2.45) is 0 Å². The Morgan fingerprint density at radius 3 is 1.10 bits per heavy atom. The summed E-state index contributed by atoms with van der Waals surface area (Å²) in [5.74, 6) is -1.99. The second kappa shape index (κ2) is 56.1. The largest absolute Gasteiger partial charge is 0.472 e. The van der Waals surface area contributed by atoms with Gasteiger partial charge in [-0.15, -0.1) is 0 Å². The molecule has 24 nitrogen and oxygen atoms in total. The summed E-state index contributed by atoms with van der Waals surface area (Å²) in [6.07, 6.45) is 15.5. The van der Waals surface area contributed by atoms with E-state index in [4.69, 9.17) is 42.2 Å². The van der Waals surface area contributed by atoms with Gasteiger partial charge in [0.1, 0.15) is 98.7 Å². The fourth-order valence-corrected chi connectivity index (χ4v) is 13.9. The van der Waals surface area contributed by atoms with E-state index in [1.807, 2.05) is 0 Å². The number of aliphatic hydroxyl groups is 10. The summed E-state index contributed by atoms with van der Waals surface area (Å²) < 4.78 is 65.1. The van der Waals surface area contributed by atoms with Crippen LogP contribution >= 0.6 is 7.82 Å². The van der Waals surface area contributed by atoms with Gasteiger partial charge in [-0.05, 0) is 44.9 Å². The molecule has 2 saturated heterocycles. The van der Waals surface area contributed by atoms with Crippen LogP contribution < -0.4 is 0 Å². The van der Waals surface area contributed by atoms with Crippen LogP contribution in [-0.2, 0) is 61.2 Å². The molecule has 1 aliphatic carbocycles. The molecule has 582 valence electrons. The zero-order valence-corrected chi connectivity index (χ0v) is 61.7. The monoisotopic (exact) mass is 1440 g/mol. The minimum Gasteiger partial charge on any atom is -0.463 e. The molecule has 0 amide bonds. The van der Waals surface area contributed by atoms with Gasteiger partial charge in [0.25, 0.3) is 0 Å². The lowest BCUT2D eigenvalue weighted by Crippen LogP contribution is -2.69. The summed E-state index contributed by atoms with van der Waals surface area (Å²) in [5.41, 5.74) is 0. The van der Waals surface area contributed by atoms with Gasteiger partial charge in [0, 0.05) is 19.3 Å². The standard InChI is InChI=1S/C74H137O24P/c1-4-7-10-13-16-19-22-25-27-29-32-35-38-41-44-47-50-60(78)93-55(52-90-58(76)48-45-42-39-36-34-31-28-26-23-20-17-14-11-8-5-2)53-92-99(88,89)98-72-70(96-73-68(86)63(81)61(79)56(51-75)94-73)66(84)65(83)67(85)71(72)97-74-69(87)64(82)62(80)57(95-74)54-91-59(77)49-46-43-40-37-33-30-24-21-18-15-12-9-6-3/h30,33,55-57,61-75,79-87H,4-29,31-32,34-54H2,1-3H3,(H,88,89)/b33-30-. The van der Waals surface area contributed by atoms with Gasteiger partial charge < -0.3 is 89.1 Å². The molecule has 0 bridgehead atoms. The highest BCUT2D eigenvalue weighted by atomic mass is 31.2. The third kappa shape index (κ3) is 39.0. The minimum atomic E-state index is -5.70. The number of allylic oxidation sites excluding steroid dienone is 2. The molecule has 0 aromatic carbocycles. The number of unbranched alkanes of at least 4 members (excludes halogenated alkanes) is 38. The van der Waals surface area contributed by atoms with E-state index in [1.54, 1.807) is 0 Å². The van der Waals surface area contributed by atoms with Crippen molar-refractivity contribution in [1.82, 2.24) is 0 Å². The van der Waals surface area contributed by atoms with Crippen LogP contribution in [0, 0.1) is 0 Å². The first-order valence-electron chi connectivity index (χ1n) is 39.0. The van der Waals surface area contributed by atoms with Crippen LogP contribution in [-0.4, -0.2) is 204 Å². The summed E-state index contributed by atoms with van der Waals surface area (Å²) in [7, 11) is -5.70. The fourth-order valence-electron chi connectivity index (χ4n) is 12.9. The fraction of sp³-hybridized carbons (Fsp3) is 0.932. The molecule has 99 heavy (non-hydrogen) atoms. The van der Waals surface area contributed by atoms with Crippen LogP contribution in [0.5, 0.6) is 0 Å². The van der Waals surface area contributed by atoms with E-state index in [0.717, 1.165) is 89.9 Å². The number of aliphatic hydroxyl groups excluding tert-OH is 10. The molecule has 0 radical (unpaired) electrons. The molecule has 2 heterocycles. The Labute approximate surface area is 592 Å². The van der Waals surface area contributed by atoms with Crippen molar-refractivity contribution in [2.45, 2.75) is 414 Å². The van der Waals surface area contributed by atoms with E-state index in [0.29, 0.717) is 19.3 Å². The number of hydrogen-bond acceptors (Lipinski definition) is 23. The Kier molecular flexibility index (Phi) is 51.5. The maximum absolute atomic E-state index is 14.3. The first-order valence-corrected chi connectivity index (χ1v) is 40.5. The first kappa shape index (κ1) is 90.9. The van der Waals surface area contributed by atoms with Gasteiger partial charge in [0.15, 0.2) is 18.7 Å². The predicted molar refractivity (Wildman–Crippen MR) is 375 cm³/mol. The Hall–Kier alpha value is -2.30. The first-order chi connectivity index (χ1) is 47.8. The number of rotatable bonds is 61. The van der Waals surface area contributed by atoms with E-state index >= 15 is 0 Å². The molecule has 3 rings (SSSR count). The second-order valence-electron chi connectivity index (χ2n) is 28.1. The topological polar surface area (TPSA) is 374 Å². The van der Waals surface area contributed by atoms with Crippen LogP contribution in [0.15, 0.2) is 12.2 Å².